The summed E-state index contributed by atoms with van der Waals surface area (Å²) in [5.41, 5.74) is 2.12. The Bertz CT molecular complexity index is 866. The lowest BCUT2D eigenvalue weighted by molar-refractivity contribution is 0.318. The van der Waals surface area contributed by atoms with Gasteiger partial charge in [0, 0.05) is 18.0 Å². The Morgan fingerprint density at radius 3 is 2.86 bits per heavy atom. The minimum atomic E-state index is 0.0493. The maximum Gasteiger partial charge on any atom is 0.266 e. The lowest BCUT2D eigenvalue weighted by Crippen LogP contribution is -2.26. The number of para-hydroxylation sites is 1. The normalized spacial score (nSPS) is 15.3. The van der Waals surface area contributed by atoms with E-state index in [4.69, 9.17) is 0 Å². The minimum Gasteiger partial charge on any atom is -0.301 e. The zero-order valence-corrected chi connectivity index (χ0v) is 12.6. The van der Waals surface area contributed by atoms with Crippen LogP contribution in [0.25, 0.3) is 15.9 Å². The van der Waals surface area contributed by atoms with Gasteiger partial charge in [-0.25, -0.2) is 4.98 Å². The van der Waals surface area contributed by atoms with Crippen LogP contribution in [0.2, 0.25) is 0 Å². The summed E-state index contributed by atoms with van der Waals surface area (Å²) in [5.74, 6) is 0. The van der Waals surface area contributed by atoms with Crippen LogP contribution in [0.5, 0.6) is 0 Å². The lowest BCUT2D eigenvalue weighted by atomic mass is 10.1. The summed E-state index contributed by atoms with van der Waals surface area (Å²) in [6.45, 7) is 1.92. The van der Waals surface area contributed by atoms with Crippen LogP contribution in [0, 0.1) is 0 Å². The molecule has 0 fully saturated rings. The monoisotopic (exact) mass is 297 g/mol. The van der Waals surface area contributed by atoms with Gasteiger partial charge in [0.15, 0.2) is 0 Å². The van der Waals surface area contributed by atoms with E-state index in [0.717, 1.165) is 35.4 Å². The fraction of sp³-hybridized carbons (Fsp3) is 0.250. The van der Waals surface area contributed by atoms with Crippen molar-refractivity contribution in [1.29, 1.82) is 0 Å². The van der Waals surface area contributed by atoms with Crippen molar-refractivity contribution in [3.63, 3.8) is 0 Å². The fourth-order valence-corrected chi connectivity index (χ4v) is 4.14. The van der Waals surface area contributed by atoms with E-state index in [1.165, 1.54) is 10.4 Å². The molecule has 0 saturated heterocycles. The third-order valence-electron chi connectivity index (χ3n) is 3.99. The summed E-state index contributed by atoms with van der Waals surface area (Å²) in [5, 5.41) is 0.814. The van der Waals surface area contributed by atoms with E-state index in [2.05, 4.69) is 16.9 Å². The molecule has 0 unspecified atom stereocenters. The Hall–Kier alpha value is -1.98. The first-order valence-corrected chi connectivity index (χ1v) is 7.81. The summed E-state index contributed by atoms with van der Waals surface area (Å²) in [6, 6.07) is 9.68. The topological polar surface area (TPSA) is 38.1 Å². The molecular weight excluding hydrogens is 282 g/mol. The molecule has 4 nitrogen and oxygen atoms in total. The van der Waals surface area contributed by atoms with E-state index in [1.807, 2.05) is 30.3 Å². The number of benzene rings is 1. The summed E-state index contributed by atoms with van der Waals surface area (Å²) in [7, 11) is 2.11. The maximum atomic E-state index is 12.9. The predicted octanol–water partition coefficient (Wildman–Crippen LogP) is 2.44. The highest BCUT2D eigenvalue weighted by Crippen LogP contribution is 2.31. The summed E-state index contributed by atoms with van der Waals surface area (Å²) in [6.07, 6.45) is 2.58. The van der Waals surface area contributed by atoms with Crippen LogP contribution in [-0.2, 0) is 13.0 Å². The minimum absolute atomic E-state index is 0.0493. The molecule has 1 aliphatic heterocycles. The first-order chi connectivity index (χ1) is 10.2. The molecular formula is C16H15N3OS. The zero-order chi connectivity index (χ0) is 14.4. The van der Waals surface area contributed by atoms with Crippen LogP contribution in [-0.4, -0.2) is 28.0 Å². The highest BCUT2D eigenvalue weighted by Gasteiger charge is 2.22. The molecule has 21 heavy (non-hydrogen) atoms. The second-order valence-corrected chi connectivity index (χ2v) is 6.51. The molecule has 0 bridgehead atoms. The summed E-state index contributed by atoms with van der Waals surface area (Å²) in [4.78, 5) is 21.8. The van der Waals surface area contributed by atoms with Gasteiger partial charge in [-0.15, -0.1) is 11.3 Å². The molecule has 106 valence electrons. The van der Waals surface area contributed by atoms with Gasteiger partial charge >= 0.3 is 0 Å². The number of hydrogen-bond acceptors (Lipinski definition) is 4. The van der Waals surface area contributed by atoms with Gasteiger partial charge in [-0.05, 0) is 31.2 Å². The lowest BCUT2D eigenvalue weighted by Gasteiger charge is -2.21. The number of rotatable bonds is 1. The Kier molecular flexibility index (Phi) is 2.90. The van der Waals surface area contributed by atoms with Crippen LogP contribution < -0.4 is 5.56 Å². The quantitative estimate of drug-likeness (QED) is 0.692. The van der Waals surface area contributed by atoms with E-state index >= 15 is 0 Å². The van der Waals surface area contributed by atoms with Crippen molar-refractivity contribution < 1.29 is 0 Å². The zero-order valence-electron chi connectivity index (χ0n) is 11.7. The molecule has 1 aliphatic rings. The van der Waals surface area contributed by atoms with Crippen molar-refractivity contribution in [2.24, 2.45) is 0 Å². The van der Waals surface area contributed by atoms with E-state index in [9.17, 15) is 4.79 Å². The number of aromatic nitrogens is 2. The third-order valence-corrected chi connectivity index (χ3v) is 5.11. The first-order valence-electron chi connectivity index (χ1n) is 7.00. The van der Waals surface area contributed by atoms with Gasteiger partial charge in [-0.2, -0.15) is 0 Å². The predicted molar refractivity (Wildman–Crippen MR) is 85.3 cm³/mol. The highest BCUT2D eigenvalue weighted by molar-refractivity contribution is 7.18. The smallest absolute Gasteiger partial charge is 0.266 e. The van der Waals surface area contributed by atoms with Crippen LogP contribution in [0.15, 0.2) is 41.5 Å². The van der Waals surface area contributed by atoms with Crippen molar-refractivity contribution >= 4 is 21.6 Å². The standard InChI is InChI=1S/C16H15N3OS/c1-18-8-7-12-13(9-18)21-15-14(12)16(20)19(10-17-15)11-5-3-2-4-6-11/h2-6,10H,7-9H2,1H3. The Morgan fingerprint density at radius 1 is 1.24 bits per heavy atom. The number of nitrogens with zero attached hydrogens (tertiary/aromatic N) is 3. The molecule has 0 atom stereocenters. The molecule has 0 radical (unpaired) electrons. The van der Waals surface area contributed by atoms with Gasteiger partial charge in [-0.1, -0.05) is 18.2 Å². The van der Waals surface area contributed by atoms with Crippen molar-refractivity contribution in [1.82, 2.24) is 14.5 Å². The molecule has 0 N–H and O–H groups in total. The SMILES string of the molecule is CN1CCc2c(sc3ncn(-c4ccccc4)c(=O)c23)C1. The molecule has 5 heteroatoms. The molecule has 1 aromatic carbocycles. The second-order valence-electron chi connectivity index (χ2n) is 5.43. The average molecular weight is 297 g/mol. The third kappa shape index (κ3) is 2.01. The first kappa shape index (κ1) is 12.7. The van der Waals surface area contributed by atoms with E-state index < -0.39 is 0 Å². The van der Waals surface area contributed by atoms with Crippen LogP contribution in [0.1, 0.15) is 10.4 Å². The Morgan fingerprint density at radius 2 is 2.05 bits per heavy atom. The van der Waals surface area contributed by atoms with Gasteiger partial charge in [0.25, 0.3) is 5.56 Å². The van der Waals surface area contributed by atoms with Crippen molar-refractivity contribution in [2.45, 2.75) is 13.0 Å². The van der Waals surface area contributed by atoms with Gasteiger partial charge in [0.05, 0.1) is 11.1 Å². The number of likely N-dealkylation sites (N-methyl/N-ethyl adjacent to an activating group) is 1. The summed E-state index contributed by atoms with van der Waals surface area (Å²) < 4.78 is 1.65. The summed E-state index contributed by atoms with van der Waals surface area (Å²) >= 11 is 1.66. The molecule has 0 saturated carbocycles. The second kappa shape index (κ2) is 4.79. The Balaban J connectivity index is 1.97. The molecule has 3 aromatic rings. The largest absolute Gasteiger partial charge is 0.301 e. The van der Waals surface area contributed by atoms with Crippen LogP contribution in [0.4, 0.5) is 0 Å². The number of fused-ring (bicyclic) bond motifs is 3. The number of hydrogen-bond donors (Lipinski definition) is 0. The van der Waals surface area contributed by atoms with Crippen LogP contribution in [0.3, 0.4) is 0 Å². The average Bonchev–Trinajstić information content (AvgIpc) is 2.86. The van der Waals surface area contributed by atoms with E-state index in [1.54, 1.807) is 22.2 Å². The Labute approximate surface area is 126 Å². The fourth-order valence-electron chi connectivity index (χ4n) is 2.88. The van der Waals surface area contributed by atoms with Gasteiger partial charge in [-0.3, -0.25) is 9.36 Å². The van der Waals surface area contributed by atoms with E-state index in [0.29, 0.717) is 0 Å². The van der Waals surface area contributed by atoms with Gasteiger partial charge in [0.1, 0.15) is 11.2 Å². The number of thiophene rings is 1. The van der Waals surface area contributed by atoms with Crippen molar-refractivity contribution in [2.75, 3.05) is 13.6 Å². The van der Waals surface area contributed by atoms with E-state index in [-0.39, 0.29) is 5.56 Å². The molecule has 0 aliphatic carbocycles. The van der Waals surface area contributed by atoms with Crippen LogP contribution >= 0.6 is 11.3 Å². The molecule has 3 heterocycles. The van der Waals surface area contributed by atoms with Crippen molar-refractivity contribution in [3.05, 3.63) is 57.5 Å². The molecule has 0 amide bonds. The maximum absolute atomic E-state index is 12.9. The van der Waals surface area contributed by atoms with Gasteiger partial charge in [0.2, 0.25) is 0 Å². The molecule has 0 spiro atoms. The molecule has 2 aromatic heterocycles. The van der Waals surface area contributed by atoms with Gasteiger partial charge < -0.3 is 4.90 Å². The molecule has 4 rings (SSSR count). The highest BCUT2D eigenvalue weighted by atomic mass is 32.1. The van der Waals surface area contributed by atoms with Crippen molar-refractivity contribution in [3.8, 4) is 5.69 Å².